The van der Waals surface area contributed by atoms with Crippen LogP contribution in [0.5, 0.6) is 5.75 Å². The minimum Gasteiger partial charge on any atom is -0.497 e. The van der Waals surface area contributed by atoms with Crippen LogP contribution in [0.1, 0.15) is 15.9 Å². The Labute approximate surface area is 82.6 Å². The summed E-state index contributed by atoms with van der Waals surface area (Å²) in [4.78, 5) is 10.7. The van der Waals surface area contributed by atoms with E-state index >= 15 is 0 Å². The molecule has 0 bridgehead atoms. The Kier molecular flexibility index (Phi) is 3.88. The maximum atomic E-state index is 10.7. The highest BCUT2D eigenvalue weighted by molar-refractivity contribution is 5.82. The van der Waals surface area contributed by atoms with Crippen molar-refractivity contribution in [3.63, 3.8) is 0 Å². The van der Waals surface area contributed by atoms with Gasteiger partial charge >= 0.3 is 0 Å². The minimum atomic E-state index is -0.0374. The molecule has 1 N–H and O–H groups in total. The van der Waals surface area contributed by atoms with Crippen LogP contribution in [0.15, 0.2) is 24.3 Å². The average molecular weight is 192 g/mol. The summed E-state index contributed by atoms with van der Waals surface area (Å²) in [6.07, 6.45) is 4.04. The van der Waals surface area contributed by atoms with Gasteiger partial charge in [0.25, 0.3) is 0 Å². The second-order valence-corrected chi connectivity index (χ2v) is 2.70. The van der Waals surface area contributed by atoms with E-state index in [0.717, 1.165) is 11.8 Å². The second kappa shape index (κ2) is 5.19. The molecule has 0 spiro atoms. The van der Waals surface area contributed by atoms with Gasteiger partial charge in [-0.2, -0.15) is 0 Å². The first-order chi connectivity index (χ1) is 6.81. The summed E-state index contributed by atoms with van der Waals surface area (Å²) in [5.41, 5.74) is 1.32. The van der Waals surface area contributed by atoms with Gasteiger partial charge in [-0.15, -0.1) is 0 Å². The Morgan fingerprint density at radius 2 is 2.21 bits per heavy atom. The van der Waals surface area contributed by atoms with Crippen molar-refractivity contribution < 1.29 is 14.6 Å². The molecule has 1 aromatic carbocycles. The molecule has 14 heavy (non-hydrogen) atoms. The van der Waals surface area contributed by atoms with Gasteiger partial charge in [0.1, 0.15) is 5.75 Å². The highest BCUT2D eigenvalue weighted by Crippen LogP contribution is 2.17. The number of carbonyl (C=O) groups is 1. The van der Waals surface area contributed by atoms with E-state index in [2.05, 4.69) is 0 Å². The second-order valence-electron chi connectivity index (χ2n) is 2.70. The van der Waals surface area contributed by atoms with E-state index < -0.39 is 0 Å². The predicted molar refractivity (Wildman–Crippen MR) is 54.5 cm³/mol. The van der Waals surface area contributed by atoms with E-state index in [1.165, 1.54) is 0 Å². The zero-order valence-electron chi connectivity index (χ0n) is 7.93. The molecule has 0 radical (unpaired) electrons. The molecule has 1 aromatic rings. The van der Waals surface area contributed by atoms with Crippen molar-refractivity contribution in [1.29, 1.82) is 0 Å². The Balaban J connectivity index is 3.05. The summed E-state index contributed by atoms with van der Waals surface area (Å²) in [6, 6.07) is 5.20. The standard InChI is InChI=1S/C11H12O3/c1-14-11-5-4-9(3-2-6-12)10(7-11)8-13/h2-5,7-8,12H,6H2,1H3. The first-order valence-corrected chi connectivity index (χ1v) is 4.22. The molecule has 1 rings (SSSR count). The van der Waals surface area contributed by atoms with Crippen LogP contribution in [0.2, 0.25) is 0 Å². The van der Waals surface area contributed by atoms with Crippen molar-refractivity contribution in [3.05, 3.63) is 35.4 Å². The number of aldehydes is 1. The molecule has 0 aromatic heterocycles. The zero-order chi connectivity index (χ0) is 10.4. The highest BCUT2D eigenvalue weighted by Gasteiger charge is 1.99. The lowest BCUT2D eigenvalue weighted by Crippen LogP contribution is -1.89. The van der Waals surface area contributed by atoms with E-state index in [0.29, 0.717) is 11.3 Å². The molecule has 0 saturated carbocycles. The van der Waals surface area contributed by atoms with Gasteiger partial charge in [-0.3, -0.25) is 4.79 Å². The van der Waals surface area contributed by atoms with Gasteiger partial charge in [0.2, 0.25) is 0 Å². The third-order valence-electron chi connectivity index (χ3n) is 1.82. The van der Waals surface area contributed by atoms with Crippen molar-refractivity contribution in [3.8, 4) is 5.75 Å². The van der Waals surface area contributed by atoms with E-state index in [1.54, 1.807) is 37.5 Å². The lowest BCUT2D eigenvalue weighted by Gasteiger charge is -2.02. The van der Waals surface area contributed by atoms with E-state index in [4.69, 9.17) is 9.84 Å². The van der Waals surface area contributed by atoms with Crippen molar-refractivity contribution in [1.82, 2.24) is 0 Å². The molecule has 3 nitrogen and oxygen atoms in total. The number of aliphatic hydroxyl groups excluding tert-OH is 1. The molecule has 0 aliphatic heterocycles. The first kappa shape index (κ1) is 10.5. The monoisotopic (exact) mass is 192 g/mol. The smallest absolute Gasteiger partial charge is 0.150 e. The topological polar surface area (TPSA) is 46.5 Å². The molecule has 0 aliphatic carbocycles. The van der Waals surface area contributed by atoms with Gasteiger partial charge in [0.15, 0.2) is 6.29 Å². The van der Waals surface area contributed by atoms with Crippen LogP contribution in [0, 0.1) is 0 Å². The molecule has 3 heteroatoms. The number of benzene rings is 1. The summed E-state index contributed by atoms with van der Waals surface area (Å²) in [7, 11) is 1.55. The third-order valence-corrected chi connectivity index (χ3v) is 1.82. The number of hydrogen-bond acceptors (Lipinski definition) is 3. The maximum Gasteiger partial charge on any atom is 0.150 e. The number of carbonyl (C=O) groups excluding carboxylic acids is 1. The lowest BCUT2D eigenvalue weighted by molar-refractivity contribution is 0.112. The van der Waals surface area contributed by atoms with E-state index in [-0.39, 0.29) is 6.61 Å². The molecule has 0 amide bonds. The summed E-state index contributed by atoms with van der Waals surface area (Å²) in [5, 5.41) is 8.59. The van der Waals surface area contributed by atoms with Crippen molar-refractivity contribution >= 4 is 12.4 Å². The number of hydrogen-bond donors (Lipinski definition) is 1. The number of aliphatic hydroxyl groups is 1. The largest absolute Gasteiger partial charge is 0.497 e. The van der Waals surface area contributed by atoms with Crippen LogP contribution < -0.4 is 4.74 Å². The minimum absolute atomic E-state index is 0.0374. The van der Waals surface area contributed by atoms with Crippen molar-refractivity contribution in [2.45, 2.75) is 0 Å². The fourth-order valence-electron chi connectivity index (χ4n) is 1.11. The van der Waals surface area contributed by atoms with Gasteiger partial charge in [0.05, 0.1) is 13.7 Å². The molecule has 0 fully saturated rings. The lowest BCUT2D eigenvalue weighted by atomic mass is 10.1. The Morgan fingerprint density at radius 1 is 1.43 bits per heavy atom. The van der Waals surface area contributed by atoms with Crippen LogP contribution in [-0.4, -0.2) is 25.1 Å². The molecular weight excluding hydrogens is 180 g/mol. The number of methoxy groups -OCH3 is 1. The van der Waals surface area contributed by atoms with Crippen molar-refractivity contribution in [2.75, 3.05) is 13.7 Å². The van der Waals surface area contributed by atoms with Gasteiger partial charge in [-0.05, 0) is 17.7 Å². The van der Waals surface area contributed by atoms with Crippen LogP contribution in [0.3, 0.4) is 0 Å². The van der Waals surface area contributed by atoms with Crippen LogP contribution in [-0.2, 0) is 0 Å². The van der Waals surface area contributed by atoms with Gasteiger partial charge < -0.3 is 9.84 Å². The Morgan fingerprint density at radius 3 is 2.79 bits per heavy atom. The van der Waals surface area contributed by atoms with Crippen molar-refractivity contribution in [2.24, 2.45) is 0 Å². The SMILES string of the molecule is COc1ccc(C=CCO)c(C=O)c1. The van der Waals surface area contributed by atoms with Gasteiger partial charge in [-0.25, -0.2) is 0 Å². The Hall–Kier alpha value is -1.61. The fourth-order valence-corrected chi connectivity index (χ4v) is 1.11. The van der Waals surface area contributed by atoms with Crippen LogP contribution >= 0.6 is 0 Å². The molecule has 0 saturated heterocycles. The first-order valence-electron chi connectivity index (χ1n) is 4.22. The normalized spacial score (nSPS) is 10.4. The van der Waals surface area contributed by atoms with Crippen LogP contribution in [0.25, 0.3) is 6.08 Å². The third kappa shape index (κ3) is 2.44. The average Bonchev–Trinajstić information content (AvgIpc) is 2.26. The zero-order valence-corrected chi connectivity index (χ0v) is 7.93. The highest BCUT2D eigenvalue weighted by atomic mass is 16.5. The fraction of sp³-hybridized carbons (Fsp3) is 0.182. The Bertz CT molecular complexity index is 342. The number of rotatable bonds is 4. The maximum absolute atomic E-state index is 10.7. The van der Waals surface area contributed by atoms with Gasteiger partial charge in [0, 0.05) is 5.56 Å². The molecular formula is C11H12O3. The summed E-state index contributed by atoms with van der Waals surface area (Å²) in [5.74, 6) is 0.647. The molecule has 0 atom stereocenters. The quantitative estimate of drug-likeness (QED) is 0.735. The predicted octanol–water partition coefficient (Wildman–Crippen LogP) is 1.51. The van der Waals surface area contributed by atoms with Gasteiger partial charge in [-0.1, -0.05) is 18.2 Å². The summed E-state index contributed by atoms with van der Waals surface area (Å²) >= 11 is 0. The molecule has 0 unspecified atom stereocenters. The summed E-state index contributed by atoms with van der Waals surface area (Å²) in [6.45, 7) is -0.0374. The molecule has 0 aliphatic rings. The van der Waals surface area contributed by atoms with E-state index in [9.17, 15) is 4.79 Å². The van der Waals surface area contributed by atoms with E-state index in [1.807, 2.05) is 0 Å². The summed E-state index contributed by atoms with van der Waals surface area (Å²) < 4.78 is 4.98. The molecule has 74 valence electrons. The molecule has 0 heterocycles. The number of ether oxygens (including phenoxy) is 1. The van der Waals surface area contributed by atoms with Crippen LogP contribution in [0.4, 0.5) is 0 Å².